The van der Waals surface area contributed by atoms with Gasteiger partial charge in [0.2, 0.25) is 5.96 Å². The number of aryl methyl sites for hydroxylation is 2. The maximum atomic E-state index is 7.80. The van der Waals surface area contributed by atoms with Crippen LogP contribution in [0.2, 0.25) is 0 Å². The van der Waals surface area contributed by atoms with Crippen LogP contribution >= 0.6 is 0 Å². The van der Waals surface area contributed by atoms with Gasteiger partial charge in [0.1, 0.15) is 0 Å². The second-order valence-electron chi connectivity index (χ2n) is 3.80. The number of rotatable bonds is 1. The first-order valence-electron chi connectivity index (χ1n) is 5.01. The zero-order valence-corrected chi connectivity index (χ0v) is 10.1. The molecule has 0 radical (unpaired) electrons. The molecule has 1 aromatic heterocycles. The first-order chi connectivity index (χ1) is 7.40. The maximum Gasteiger partial charge on any atom is 0.243 e. The van der Waals surface area contributed by atoms with E-state index in [0.29, 0.717) is 11.4 Å². The fourth-order valence-electron chi connectivity index (χ4n) is 1.42. The van der Waals surface area contributed by atoms with Gasteiger partial charge in [-0.1, -0.05) is 0 Å². The van der Waals surface area contributed by atoms with Gasteiger partial charge in [-0.3, -0.25) is 5.41 Å². The minimum atomic E-state index is 0.0978. The number of hydrogen-bond donors (Lipinski definition) is 2. The lowest BCUT2D eigenvalue weighted by molar-refractivity contribution is 0.863. The summed E-state index contributed by atoms with van der Waals surface area (Å²) in [6, 6.07) is 1.91. The molecule has 0 aliphatic rings. The Morgan fingerprint density at radius 2 is 2.12 bits per heavy atom. The van der Waals surface area contributed by atoms with Crippen LogP contribution in [-0.2, 0) is 0 Å². The average Bonchev–Trinajstić information content (AvgIpc) is 2.43. The Morgan fingerprint density at radius 1 is 1.50 bits per heavy atom. The monoisotopic (exact) mass is 219 g/mol. The van der Waals surface area contributed by atoms with Gasteiger partial charge in [-0.15, -0.1) is 0 Å². The van der Waals surface area contributed by atoms with Crippen LogP contribution in [0.1, 0.15) is 25.2 Å². The van der Waals surface area contributed by atoms with Gasteiger partial charge in [-0.2, -0.15) is 5.10 Å². The number of hydrogen-bond acceptors (Lipinski definition) is 3. The van der Waals surface area contributed by atoms with E-state index in [2.05, 4.69) is 10.1 Å². The van der Waals surface area contributed by atoms with Crippen molar-refractivity contribution in [2.45, 2.75) is 27.7 Å². The SMILES string of the molecule is C/C(N)=C/C(C)=N/C(=N)n1nc(C)cc1C. The van der Waals surface area contributed by atoms with Crippen molar-refractivity contribution < 1.29 is 0 Å². The summed E-state index contributed by atoms with van der Waals surface area (Å²) in [6.07, 6.45) is 1.72. The molecule has 0 fully saturated rings. The van der Waals surface area contributed by atoms with Crippen molar-refractivity contribution in [3.63, 3.8) is 0 Å². The van der Waals surface area contributed by atoms with E-state index >= 15 is 0 Å². The number of allylic oxidation sites excluding steroid dienone is 2. The summed E-state index contributed by atoms with van der Waals surface area (Å²) >= 11 is 0. The van der Waals surface area contributed by atoms with Crippen LogP contribution in [0.5, 0.6) is 0 Å². The quantitative estimate of drug-likeness (QED) is 0.555. The minimum Gasteiger partial charge on any atom is -0.402 e. The Hall–Kier alpha value is -1.91. The third kappa shape index (κ3) is 3.05. The van der Waals surface area contributed by atoms with E-state index < -0.39 is 0 Å². The summed E-state index contributed by atoms with van der Waals surface area (Å²) in [5, 5.41) is 12.0. The van der Waals surface area contributed by atoms with Crippen LogP contribution in [0, 0.1) is 19.3 Å². The Balaban J connectivity index is 2.96. The molecule has 3 N–H and O–H groups in total. The summed E-state index contributed by atoms with van der Waals surface area (Å²) in [5.41, 5.74) is 8.66. The molecule has 0 aromatic carbocycles. The molecule has 0 spiro atoms. The molecular formula is C11H17N5. The fourth-order valence-corrected chi connectivity index (χ4v) is 1.42. The molecule has 0 amide bonds. The zero-order chi connectivity index (χ0) is 12.3. The molecule has 1 rings (SSSR count). The summed E-state index contributed by atoms with van der Waals surface area (Å²) in [7, 11) is 0. The molecule has 0 unspecified atom stereocenters. The number of nitrogens with one attached hydrogen (secondary N) is 1. The largest absolute Gasteiger partial charge is 0.402 e. The first kappa shape index (κ1) is 12.2. The maximum absolute atomic E-state index is 7.80. The van der Waals surface area contributed by atoms with Crippen molar-refractivity contribution in [3.05, 3.63) is 29.2 Å². The molecule has 1 heterocycles. The van der Waals surface area contributed by atoms with Crippen LogP contribution in [0.15, 0.2) is 22.8 Å². The molecule has 0 saturated heterocycles. The van der Waals surface area contributed by atoms with E-state index in [9.17, 15) is 0 Å². The van der Waals surface area contributed by atoms with Crippen LogP contribution in [0.4, 0.5) is 0 Å². The lowest BCUT2D eigenvalue weighted by Gasteiger charge is -2.01. The standard InChI is InChI=1S/C11H17N5/c1-7(12)5-8(2)14-11(13)16-10(4)6-9(3)15-16/h5-6,13H,12H2,1-4H3/b7-5-,13-11?,14-8+. The smallest absolute Gasteiger partial charge is 0.243 e. The molecule has 0 saturated carbocycles. The Labute approximate surface area is 95.2 Å². The number of nitrogens with zero attached hydrogens (tertiary/aromatic N) is 3. The van der Waals surface area contributed by atoms with Crippen molar-refractivity contribution >= 4 is 11.7 Å². The van der Waals surface area contributed by atoms with E-state index in [1.807, 2.05) is 19.9 Å². The van der Waals surface area contributed by atoms with Gasteiger partial charge < -0.3 is 5.73 Å². The van der Waals surface area contributed by atoms with E-state index in [4.69, 9.17) is 11.1 Å². The number of aromatic nitrogens is 2. The summed E-state index contributed by atoms with van der Waals surface area (Å²) in [5.74, 6) is 0.0978. The van der Waals surface area contributed by atoms with Crippen LogP contribution in [0.25, 0.3) is 0 Å². The highest BCUT2D eigenvalue weighted by Gasteiger charge is 2.04. The van der Waals surface area contributed by atoms with E-state index in [0.717, 1.165) is 11.4 Å². The Kier molecular flexibility index (Phi) is 3.60. The van der Waals surface area contributed by atoms with Crippen molar-refractivity contribution in [3.8, 4) is 0 Å². The lowest BCUT2D eigenvalue weighted by atomic mass is 10.3. The molecule has 1 aromatic rings. The van der Waals surface area contributed by atoms with Gasteiger partial charge >= 0.3 is 0 Å². The minimum absolute atomic E-state index is 0.0978. The molecule has 16 heavy (non-hydrogen) atoms. The van der Waals surface area contributed by atoms with Gasteiger partial charge in [0, 0.05) is 17.1 Å². The van der Waals surface area contributed by atoms with Gasteiger partial charge in [0.25, 0.3) is 0 Å². The topological polar surface area (TPSA) is 80.0 Å². The second kappa shape index (κ2) is 4.74. The van der Waals surface area contributed by atoms with Crippen molar-refractivity contribution in [2.24, 2.45) is 10.7 Å². The number of nitrogens with two attached hydrogens (primary N) is 1. The molecule has 0 aliphatic carbocycles. The Morgan fingerprint density at radius 3 is 2.56 bits per heavy atom. The van der Waals surface area contributed by atoms with Crippen LogP contribution in [0.3, 0.4) is 0 Å². The van der Waals surface area contributed by atoms with E-state index in [1.165, 1.54) is 4.68 Å². The van der Waals surface area contributed by atoms with E-state index in [-0.39, 0.29) is 5.96 Å². The van der Waals surface area contributed by atoms with Gasteiger partial charge in [-0.05, 0) is 39.8 Å². The summed E-state index contributed by atoms with van der Waals surface area (Å²) in [4.78, 5) is 4.11. The molecular weight excluding hydrogens is 202 g/mol. The summed E-state index contributed by atoms with van der Waals surface area (Å²) < 4.78 is 1.50. The highest BCUT2D eigenvalue weighted by atomic mass is 15.4. The first-order valence-corrected chi connectivity index (χ1v) is 5.01. The van der Waals surface area contributed by atoms with E-state index in [1.54, 1.807) is 19.9 Å². The molecule has 5 heteroatoms. The van der Waals surface area contributed by atoms with Crippen molar-refractivity contribution in [2.75, 3.05) is 0 Å². The van der Waals surface area contributed by atoms with Gasteiger partial charge in [0.05, 0.1) is 5.69 Å². The lowest BCUT2D eigenvalue weighted by Crippen LogP contribution is -2.13. The Bertz CT molecular complexity index is 461. The van der Waals surface area contributed by atoms with Crippen LogP contribution in [-0.4, -0.2) is 21.5 Å². The van der Waals surface area contributed by atoms with Gasteiger partial charge in [0.15, 0.2) is 0 Å². The average molecular weight is 219 g/mol. The highest BCUT2D eigenvalue weighted by molar-refractivity contribution is 6.01. The fraction of sp³-hybridized carbons (Fsp3) is 0.364. The third-order valence-corrected chi connectivity index (χ3v) is 1.93. The highest BCUT2D eigenvalue weighted by Crippen LogP contribution is 2.02. The molecule has 86 valence electrons. The molecule has 5 nitrogen and oxygen atoms in total. The molecule has 0 aliphatic heterocycles. The molecule has 0 atom stereocenters. The number of aliphatic imine (C=N–C) groups is 1. The van der Waals surface area contributed by atoms with Crippen LogP contribution < -0.4 is 5.73 Å². The second-order valence-corrected chi connectivity index (χ2v) is 3.80. The predicted octanol–water partition coefficient (Wildman–Crippen LogP) is 1.61. The van der Waals surface area contributed by atoms with Crippen molar-refractivity contribution in [1.82, 2.24) is 9.78 Å². The zero-order valence-electron chi connectivity index (χ0n) is 10.1. The van der Waals surface area contributed by atoms with Crippen molar-refractivity contribution in [1.29, 1.82) is 5.41 Å². The molecule has 0 bridgehead atoms. The normalized spacial score (nSPS) is 13.0. The third-order valence-electron chi connectivity index (χ3n) is 1.93. The summed E-state index contributed by atoms with van der Waals surface area (Å²) in [6.45, 7) is 7.36. The van der Waals surface area contributed by atoms with Gasteiger partial charge in [-0.25, -0.2) is 9.67 Å². The predicted molar refractivity (Wildman–Crippen MR) is 65.9 cm³/mol.